The summed E-state index contributed by atoms with van der Waals surface area (Å²) in [6.45, 7) is 8.68. The van der Waals surface area contributed by atoms with Gasteiger partial charge in [-0.25, -0.2) is 0 Å². The van der Waals surface area contributed by atoms with Gasteiger partial charge in [-0.05, 0) is 36.3 Å². The van der Waals surface area contributed by atoms with Crippen molar-refractivity contribution >= 4 is 18.3 Å². The quantitative estimate of drug-likeness (QED) is 0.886. The van der Waals surface area contributed by atoms with Crippen molar-refractivity contribution in [3.8, 4) is 0 Å². The molecule has 1 amide bonds. The molecule has 1 fully saturated rings. The second kappa shape index (κ2) is 8.70. The molecule has 3 nitrogen and oxygen atoms in total. The van der Waals surface area contributed by atoms with Crippen molar-refractivity contribution in [1.82, 2.24) is 4.90 Å². The molecule has 1 aromatic rings. The first kappa shape index (κ1) is 20.0. The number of halogens is 1. The molecule has 2 atom stereocenters. The van der Waals surface area contributed by atoms with E-state index in [0.717, 1.165) is 25.8 Å². The third-order valence-corrected chi connectivity index (χ3v) is 4.47. The van der Waals surface area contributed by atoms with E-state index in [-0.39, 0.29) is 23.7 Å². The number of nitrogens with two attached hydrogens (primary N) is 1. The Morgan fingerprint density at radius 3 is 2.43 bits per heavy atom. The lowest BCUT2D eigenvalue weighted by Crippen LogP contribution is -2.42. The summed E-state index contributed by atoms with van der Waals surface area (Å²) in [7, 11) is 0. The van der Waals surface area contributed by atoms with E-state index in [1.165, 1.54) is 5.56 Å². The van der Waals surface area contributed by atoms with Gasteiger partial charge in [0.25, 0.3) is 0 Å². The molecule has 0 aliphatic heterocycles. The minimum Gasteiger partial charge on any atom is -0.338 e. The van der Waals surface area contributed by atoms with E-state index in [1.54, 1.807) is 0 Å². The maximum atomic E-state index is 13.1. The molecule has 1 saturated carbocycles. The lowest BCUT2D eigenvalue weighted by molar-refractivity contribution is -0.138. The van der Waals surface area contributed by atoms with Crippen molar-refractivity contribution in [1.29, 1.82) is 0 Å². The van der Waals surface area contributed by atoms with Crippen LogP contribution in [0.15, 0.2) is 30.3 Å². The summed E-state index contributed by atoms with van der Waals surface area (Å²) in [5, 5.41) is 0. The summed E-state index contributed by atoms with van der Waals surface area (Å²) in [6.07, 6.45) is 3.23. The summed E-state index contributed by atoms with van der Waals surface area (Å²) in [5.74, 6) is 0.786. The Bertz CT molecular complexity index is 484. The summed E-state index contributed by atoms with van der Waals surface area (Å²) >= 11 is 0. The number of hydrogen-bond acceptors (Lipinski definition) is 2. The van der Waals surface area contributed by atoms with E-state index in [1.807, 2.05) is 23.1 Å². The molecule has 1 aliphatic rings. The Morgan fingerprint density at radius 1 is 1.22 bits per heavy atom. The number of nitrogens with zero attached hydrogens (tertiary/aromatic N) is 1. The lowest BCUT2D eigenvalue weighted by atomic mass is 9.91. The van der Waals surface area contributed by atoms with Crippen LogP contribution in [0.4, 0.5) is 0 Å². The molecule has 0 heterocycles. The van der Waals surface area contributed by atoms with Crippen molar-refractivity contribution < 1.29 is 4.79 Å². The van der Waals surface area contributed by atoms with Crippen LogP contribution in [0, 0.1) is 17.3 Å². The zero-order valence-corrected chi connectivity index (χ0v) is 15.4. The fraction of sp³-hybridized carbons (Fsp3) is 0.632. The molecule has 0 radical (unpaired) electrons. The molecule has 130 valence electrons. The van der Waals surface area contributed by atoms with E-state index < -0.39 is 0 Å². The van der Waals surface area contributed by atoms with Crippen LogP contribution in [0.5, 0.6) is 0 Å². The third-order valence-electron chi connectivity index (χ3n) is 4.47. The van der Waals surface area contributed by atoms with Gasteiger partial charge in [0.05, 0.1) is 0 Å². The Morgan fingerprint density at radius 2 is 1.87 bits per heavy atom. The van der Waals surface area contributed by atoms with Gasteiger partial charge in [-0.2, -0.15) is 0 Å². The van der Waals surface area contributed by atoms with Gasteiger partial charge in [0.2, 0.25) is 5.91 Å². The predicted molar refractivity (Wildman–Crippen MR) is 98.4 cm³/mol. The Hall–Kier alpha value is -1.06. The van der Waals surface area contributed by atoms with Gasteiger partial charge < -0.3 is 10.6 Å². The average molecular weight is 339 g/mol. The highest BCUT2D eigenvalue weighted by Crippen LogP contribution is 2.33. The van der Waals surface area contributed by atoms with Crippen LogP contribution < -0.4 is 5.73 Å². The van der Waals surface area contributed by atoms with Crippen LogP contribution in [0.2, 0.25) is 0 Å². The molecule has 0 spiro atoms. The molecule has 0 aromatic heterocycles. The van der Waals surface area contributed by atoms with Crippen molar-refractivity contribution in [3.63, 3.8) is 0 Å². The van der Waals surface area contributed by atoms with Crippen LogP contribution in [0.1, 0.15) is 45.6 Å². The van der Waals surface area contributed by atoms with E-state index in [2.05, 4.69) is 32.9 Å². The minimum absolute atomic E-state index is 0. The molecule has 4 heteroatoms. The first-order valence-corrected chi connectivity index (χ1v) is 8.43. The molecule has 1 aliphatic carbocycles. The van der Waals surface area contributed by atoms with Gasteiger partial charge in [-0.1, -0.05) is 57.5 Å². The zero-order valence-electron chi connectivity index (χ0n) is 14.6. The van der Waals surface area contributed by atoms with Crippen molar-refractivity contribution in [2.45, 2.75) is 46.6 Å². The Kier molecular flexibility index (Phi) is 7.56. The van der Waals surface area contributed by atoms with E-state index in [9.17, 15) is 4.79 Å². The van der Waals surface area contributed by atoms with Crippen LogP contribution in [0.3, 0.4) is 0 Å². The van der Waals surface area contributed by atoms with Crippen molar-refractivity contribution in [3.05, 3.63) is 35.9 Å². The van der Waals surface area contributed by atoms with E-state index in [0.29, 0.717) is 24.9 Å². The number of hydrogen-bond donors (Lipinski definition) is 1. The van der Waals surface area contributed by atoms with E-state index in [4.69, 9.17) is 5.73 Å². The van der Waals surface area contributed by atoms with Crippen LogP contribution in [-0.4, -0.2) is 23.9 Å². The second-order valence-electron chi connectivity index (χ2n) is 7.77. The SMILES string of the molecule is CC(C)(C)CN(Cc1ccccc1)C(=O)[C@@H]1CCC[C@@H]1CN.Cl. The molecule has 23 heavy (non-hydrogen) atoms. The summed E-state index contributed by atoms with van der Waals surface area (Å²) in [6, 6.07) is 10.3. The fourth-order valence-electron chi connectivity index (χ4n) is 3.47. The standard InChI is InChI=1S/C19H30N2O.ClH/c1-19(2,3)14-21(13-15-8-5-4-6-9-15)18(22)17-11-7-10-16(17)12-20;/h4-6,8-9,16-17H,7,10-14,20H2,1-3H3;1H/t16-,17-;/m1./s1. The topological polar surface area (TPSA) is 46.3 Å². The summed E-state index contributed by atoms with van der Waals surface area (Å²) in [5.41, 5.74) is 7.17. The highest BCUT2D eigenvalue weighted by Gasteiger charge is 2.35. The van der Waals surface area contributed by atoms with Gasteiger partial charge in [-0.3, -0.25) is 4.79 Å². The molecular formula is C19H31ClN2O. The normalized spacial score (nSPS) is 20.9. The maximum absolute atomic E-state index is 13.1. The number of carbonyl (C=O) groups is 1. The molecular weight excluding hydrogens is 308 g/mol. The smallest absolute Gasteiger partial charge is 0.226 e. The minimum atomic E-state index is 0. The number of amides is 1. The average Bonchev–Trinajstić information content (AvgIpc) is 2.94. The maximum Gasteiger partial charge on any atom is 0.226 e. The Balaban J connectivity index is 0.00000264. The van der Waals surface area contributed by atoms with Crippen LogP contribution >= 0.6 is 12.4 Å². The molecule has 0 unspecified atom stereocenters. The van der Waals surface area contributed by atoms with Gasteiger partial charge in [0.15, 0.2) is 0 Å². The first-order chi connectivity index (χ1) is 10.4. The number of benzene rings is 1. The van der Waals surface area contributed by atoms with Crippen molar-refractivity contribution in [2.24, 2.45) is 23.0 Å². The molecule has 2 rings (SSSR count). The zero-order chi connectivity index (χ0) is 16.2. The number of rotatable bonds is 5. The monoisotopic (exact) mass is 338 g/mol. The fourth-order valence-corrected chi connectivity index (χ4v) is 3.47. The highest BCUT2D eigenvalue weighted by atomic mass is 35.5. The molecule has 0 bridgehead atoms. The lowest BCUT2D eigenvalue weighted by Gasteiger charge is -2.33. The summed E-state index contributed by atoms with van der Waals surface area (Å²) in [4.78, 5) is 15.1. The predicted octanol–water partition coefficient (Wildman–Crippen LogP) is 3.86. The van der Waals surface area contributed by atoms with Gasteiger partial charge in [0.1, 0.15) is 0 Å². The van der Waals surface area contributed by atoms with Crippen LogP contribution in [-0.2, 0) is 11.3 Å². The first-order valence-electron chi connectivity index (χ1n) is 8.43. The van der Waals surface area contributed by atoms with Gasteiger partial charge in [-0.15, -0.1) is 12.4 Å². The largest absolute Gasteiger partial charge is 0.338 e. The van der Waals surface area contributed by atoms with Gasteiger partial charge >= 0.3 is 0 Å². The highest BCUT2D eigenvalue weighted by molar-refractivity contribution is 5.85. The molecule has 0 saturated heterocycles. The summed E-state index contributed by atoms with van der Waals surface area (Å²) < 4.78 is 0. The second-order valence-corrected chi connectivity index (χ2v) is 7.77. The molecule has 1 aromatic carbocycles. The van der Waals surface area contributed by atoms with Gasteiger partial charge in [0, 0.05) is 19.0 Å². The Labute approximate surface area is 147 Å². The van der Waals surface area contributed by atoms with E-state index >= 15 is 0 Å². The van der Waals surface area contributed by atoms with Crippen LogP contribution in [0.25, 0.3) is 0 Å². The molecule has 2 N–H and O–H groups in total. The van der Waals surface area contributed by atoms with Crippen molar-refractivity contribution in [2.75, 3.05) is 13.1 Å². The third kappa shape index (κ3) is 5.82. The number of carbonyl (C=O) groups excluding carboxylic acids is 1.